The maximum absolute atomic E-state index is 12.8. The first kappa shape index (κ1) is 18.2. The van der Waals surface area contributed by atoms with Crippen LogP contribution < -0.4 is 10.5 Å². The summed E-state index contributed by atoms with van der Waals surface area (Å²) in [5.41, 5.74) is 10.8. The van der Waals surface area contributed by atoms with Crippen LogP contribution in [0.4, 0.5) is 5.69 Å². The molecular weight excluding hydrogens is 348 g/mol. The summed E-state index contributed by atoms with van der Waals surface area (Å²) < 4.78 is 30.0. The van der Waals surface area contributed by atoms with E-state index in [1.807, 2.05) is 31.2 Å². The molecule has 0 saturated carbocycles. The zero-order valence-corrected chi connectivity index (χ0v) is 15.8. The zero-order chi connectivity index (χ0) is 18.9. The van der Waals surface area contributed by atoms with Crippen molar-refractivity contribution in [1.82, 2.24) is 14.5 Å². The van der Waals surface area contributed by atoms with E-state index in [0.29, 0.717) is 11.3 Å². The Hall–Kier alpha value is -2.64. The standard InChI is InChI=1S/C19H22N4O2S/c1-13-7-14(2)19(9-18(13)16-5-4-6-17(20)8-16)26(24,25)22-11-15-10-21-23(3)12-15/h4-10,12,22H,11,20H2,1-3H3. The van der Waals surface area contributed by atoms with Gasteiger partial charge >= 0.3 is 0 Å². The Kier molecular flexibility index (Phi) is 4.84. The third kappa shape index (κ3) is 3.79. The highest BCUT2D eigenvalue weighted by Crippen LogP contribution is 2.30. The number of rotatable bonds is 5. The lowest BCUT2D eigenvalue weighted by molar-refractivity contribution is 0.580. The predicted octanol–water partition coefficient (Wildman–Crippen LogP) is 2.76. The number of nitrogens with one attached hydrogen (secondary N) is 1. The molecule has 2 aromatic carbocycles. The van der Waals surface area contributed by atoms with Crippen LogP contribution >= 0.6 is 0 Å². The lowest BCUT2D eigenvalue weighted by atomic mass is 9.98. The highest BCUT2D eigenvalue weighted by Gasteiger charge is 2.19. The van der Waals surface area contributed by atoms with Crippen molar-refractivity contribution >= 4 is 15.7 Å². The van der Waals surface area contributed by atoms with Gasteiger partial charge in [0.15, 0.2) is 0 Å². The number of nitrogens with two attached hydrogens (primary N) is 1. The highest BCUT2D eigenvalue weighted by molar-refractivity contribution is 7.89. The van der Waals surface area contributed by atoms with Crippen LogP contribution in [0.1, 0.15) is 16.7 Å². The first-order valence-corrected chi connectivity index (χ1v) is 9.69. The van der Waals surface area contributed by atoms with Crippen molar-refractivity contribution in [3.63, 3.8) is 0 Å². The maximum Gasteiger partial charge on any atom is 0.241 e. The van der Waals surface area contributed by atoms with Gasteiger partial charge in [-0.1, -0.05) is 18.2 Å². The minimum Gasteiger partial charge on any atom is -0.399 e. The van der Waals surface area contributed by atoms with Crippen molar-refractivity contribution in [2.24, 2.45) is 7.05 Å². The Bertz CT molecular complexity index is 1060. The molecule has 0 fully saturated rings. The summed E-state index contributed by atoms with van der Waals surface area (Å²) in [6.07, 6.45) is 3.42. The molecule has 26 heavy (non-hydrogen) atoms. The van der Waals surface area contributed by atoms with Crippen LogP contribution in [0.5, 0.6) is 0 Å². The van der Waals surface area contributed by atoms with E-state index < -0.39 is 10.0 Å². The summed E-state index contributed by atoms with van der Waals surface area (Å²) in [6, 6.07) is 11.0. The van der Waals surface area contributed by atoms with Gasteiger partial charge in [0.05, 0.1) is 11.1 Å². The minimum atomic E-state index is -3.66. The number of nitrogen functional groups attached to an aromatic ring is 1. The smallest absolute Gasteiger partial charge is 0.241 e. The van der Waals surface area contributed by atoms with Crippen molar-refractivity contribution < 1.29 is 8.42 Å². The average Bonchev–Trinajstić information content (AvgIpc) is 2.98. The molecule has 0 aliphatic heterocycles. The molecule has 1 heterocycles. The van der Waals surface area contributed by atoms with Crippen molar-refractivity contribution in [2.75, 3.05) is 5.73 Å². The highest BCUT2D eigenvalue weighted by atomic mass is 32.2. The molecule has 3 aromatic rings. The van der Waals surface area contributed by atoms with Crippen LogP contribution in [0.25, 0.3) is 11.1 Å². The molecule has 136 valence electrons. The van der Waals surface area contributed by atoms with Gasteiger partial charge in [-0.15, -0.1) is 0 Å². The van der Waals surface area contributed by atoms with E-state index in [0.717, 1.165) is 22.3 Å². The van der Waals surface area contributed by atoms with E-state index in [1.165, 1.54) is 0 Å². The van der Waals surface area contributed by atoms with Crippen molar-refractivity contribution in [1.29, 1.82) is 0 Å². The molecule has 3 N–H and O–H groups in total. The Labute approximate surface area is 153 Å². The van der Waals surface area contributed by atoms with E-state index in [-0.39, 0.29) is 11.4 Å². The van der Waals surface area contributed by atoms with Gasteiger partial charge in [-0.2, -0.15) is 5.10 Å². The average molecular weight is 370 g/mol. The quantitative estimate of drug-likeness (QED) is 0.676. The lowest BCUT2D eigenvalue weighted by Crippen LogP contribution is -2.24. The van der Waals surface area contributed by atoms with E-state index >= 15 is 0 Å². The number of sulfonamides is 1. The minimum absolute atomic E-state index is 0.192. The Morgan fingerprint density at radius 1 is 1.15 bits per heavy atom. The van der Waals surface area contributed by atoms with Crippen LogP contribution in [0.3, 0.4) is 0 Å². The van der Waals surface area contributed by atoms with Gasteiger partial charge in [0.2, 0.25) is 10.0 Å². The summed E-state index contributed by atoms with van der Waals surface area (Å²) in [4.78, 5) is 0.268. The zero-order valence-electron chi connectivity index (χ0n) is 15.0. The molecule has 7 heteroatoms. The number of nitrogens with zero attached hydrogens (tertiary/aromatic N) is 2. The van der Waals surface area contributed by atoms with Gasteiger partial charge in [-0.25, -0.2) is 13.1 Å². The molecule has 3 rings (SSSR count). The van der Waals surface area contributed by atoms with Crippen molar-refractivity contribution in [2.45, 2.75) is 25.3 Å². The van der Waals surface area contributed by atoms with Gasteiger partial charge in [-0.05, 0) is 54.3 Å². The van der Waals surface area contributed by atoms with Gasteiger partial charge in [0.1, 0.15) is 0 Å². The normalized spacial score (nSPS) is 11.7. The molecule has 0 atom stereocenters. The van der Waals surface area contributed by atoms with E-state index in [1.54, 1.807) is 43.2 Å². The van der Waals surface area contributed by atoms with Gasteiger partial charge < -0.3 is 5.73 Å². The molecule has 6 nitrogen and oxygen atoms in total. The summed E-state index contributed by atoms with van der Waals surface area (Å²) in [5.74, 6) is 0. The first-order chi connectivity index (χ1) is 12.3. The van der Waals surface area contributed by atoms with E-state index in [2.05, 4.69) is 9.82 Å². The second-order valence-electron chi connectivity index (χ2n) is 6.40. The number of aromatic nitrogens is 2. The first-order valence-electron chi connectivity index (χ1n) is 8.20. The van der Waals surface area contributed by atoms with Gasteiger partial charge in [-0.3, -0.25) is 4.68 Å². The van der Waals surface area contributed by atoms with E-state index in [4.69, 9.17) is 5.73 Å². The van der Waals surface area contributed by atoms with Crippen molar-refractivity contribution in [3.8, 4) is 11.1 Å². The van der Waals surface area contributed by atoms with Crippen LogP contribution in [-0.4, -0.2) is 18.2 Å². The molecule has 0 amide bonds. The molecule has 0 aliphatic rings. The predicted molar refractivity (Wildman–Crippen MR) is 103 cm³/mol. The lowest BCUT2D eigenvalue weighted by Gasteiger charge is -2.14. The molecular formula is C19H22N4O2S. The number of aryl methyl sites for hydroxylation is 3. The summed E-state index contributed by atoms with van der Waals surface area (Å²) >= 11 is 0. The summed E-state index contributed by atoms with van der Waals surface area (Å²) in [5, 5.41) is 4.05. The number of hydrogen-bond acceptors (Lipinski definition) is 4. The summed E-state index contributed by atoms with van der Waals surface area (Å²) in [7, 11) is -1.86. The topological polar surface area (TPSA) is 90.0 Å². The fraction of sp³-hybridized carbons (Fsp3) is 0.211. The Morgan fingerprint density at radius 2 is 1.92 bits per heavy atom. The largest absolute Gasteiger partial charge is 0.399 e. The summed E-state index contributed by atoms with van der Waals surface area (Å²) in [6.45, 7) is 3.96. The third-order valence-corrected chi connectivity index (χ3v) is 5.78. The molecule has 0 radical (unpaired) electrons. The van der Waals surface area contributed by atoms with Gasteiger partial charge in [0.25, 0.3) is 0 Å². The fourth-order valence-electron chi connectivity index (χ4n) is 2.96. The molecule has 0 bridgehead atoms. The second kappa shape index (κ2) is 6.93. The second-order valence-corrected chi connectivity index (χ2v) is 8.14. The van der Waals surface area contributed by atoms with Crippen molar-refractivity contribution in [3.05, 3.63) is 65.5 Å². The Balaban J connectivity index is 1.97. The molecule has 0 saturated heterocycles. The number of anilines is 1. The molecule has 0 aliphatic carbocycles. The maximum atomic E-state index is 12.8. The van der Waals surface area contributed by atoms with Gasteiger partial charge in [0, 0.05) is 31.0 Å². The fourth-order valence-corrected chi connectivity index (χ4v) is 4.23. The monoisotopic (exact) mass is 370 g/mol. The molecule has 0 spiro atoms. The van der Waals surface area contributed by atoms with Crippen LogP contribution in [0, 0.1) is 13.8 Å². The van der Waals surface area contributed by atoms with Crippen LogP contribution in [0.2, 0.25) is 0 Å². The van der Waals surface area contributed by atoms with Crippen LogP contribution in [-0.2, 0) is 23.6 Å². The number of hydrogen-bond donors (Lipinski definition) is 2. The Morgan fingerprint density at radius 3 is 2.58 bits per heavy atom. The molecule has 0 unspecified atom stereocenters. The third-order valence-electron chi connectivity index (χ3n) is 4.23. The SMILES string of the molecule is Cc1cc(C)c(S(=O)(=O)NCc2cnn(C)c2)cc1-c1cccc(N)c1. The van der Waals surface area contributed by atoms with E-state index in [9.17, 15) is 8.42 Å². The van der Waals surface area contributed by atoms with Crippen LogP contribution in [0.15, 0.2) is 53.7 Å². The number of benzene rings is 2. The molecule has 1 aromatic heterocycles.